The third-order valence-corrected chi connectivity index (χ3v) is 4.81. The fraction of sp³-hybridized carbons (Fsp3) is 0.450. The highest BCUT2D eigenvalue weighted by Gasteiger charge is 2.27. The molecule has 1 aromatic heterocycles. The summed E-state index contributed by atoms with van der Waals surface area (Å²) < 4.78 is 5.48. The predicted octanol–water partition coefficient (Wildman–Crippen LogP) is 3.12. The molecule has 2 N–H and O–H groups in total. The van der Waals surface area contributed by atoms with Crippen LogP contribution >= 0.6 is 0 Å². The molecule has 0 spiro atoms. The molecule has 1 aliphatic rings. The molecular weight excluding hydrogens is 316 g/mol. The van der Waals surface area contributed by atoms with Gasteiger partial charge in [-0.2, -0.15) is 0 Å². The van der Waals surface area contributed by atoms with Crippen molar-refractivity contribution in [2.45, 2.75) is 51.7 Å². The zero-order chi connectivity index (χ0) is 17.8. The van der Waals surface area contributed by atoms with E-state index in [9.17, 15) is 4.79 Å². The van der Waals surface area contributed by atoms with Gasteiger partial charge >= 0.3 is 0 Å². The monoisotopic (exact) mass is 342 g/mol. The predicted molar refractivity (Wildman–Crippen MR) is 97.7 cm³/mol. The SMILES string of the molecule is CC(CCCO)NC(=O)c1occc1CN1c2ccccc2CC1C. The Morgan fingerprint density at radius 1 is 1.40 bits per heavy atom. The van der Waals surface area contributed by atoms with E-state index in [2.05, 4.69) is 41.4 Å². The smallest absolute Gasteiger partial charge is 0.287 e. The van der Waals surface area contributed by atoms with E-state index in [1.807, 2.05) is 13.0 Å². The van der Waals surface area contributed by atoms with Gasteiger partial charge in [-0.05, 0) is 50.8 Å². The van der Waals surface area contributed by atoms with Crippen LogP contribution in [-0.2, 0) is 13.0 Å². The van der Waals surface area contributed by atoms with Crippen molar-refractivity contribution >= 4 is 11.6 Å². The van der Waals surface area contributed by atoms with Crippen molar-refractivity contribution in [3.05, 3.63) is 53.5 Å². The van der Waals surface area contributed by atoms with Gasteiger partial charge in [-0.1, -0.05) is 18.2 Å². The van der Waals surface area contributed by atoms with Gasteiger partial charge in [0.05, 0.1) is 6.26 Å². The topological polar surface area (TPSA) is 65.7 Å². The average Bonchev–Trinajstić information content (AvgIpc) is 3.18. The first-order valence-electron chi connectivity index (χ1n) is 8.92. The Balaban J connectivity index is 1.71. The molecule has 134 valence electrons. The number of amides is 1. The number of nitrogens with one attached hydrogen (secondary N) is 1. The van der Waals surface area contributed by atoms with E-state index in [4.69, 9.17) is 9.52 Å². The van der Waals surface area contributed by atoms with Crippen molar-refractivity contribution in [2.75, 3.05) is 11.5 Å². The van der Waals surface area contributed by atoms with Gasteiger partial charge in [0, 0.05) is 36.5 Å². The van der Waals surface area contributed by atoms with Crippen LogP contribution in [0.1, 0.15) is 48.4 Å². The van der Waals surface area contributed by atoms with Crippen molar-refractivity contribution in [1.29, 1.82) is 0 Å². The summed E-state index contributed by atoms with van der Waals surface area (Å²) in [6, 6.07) is 10.7. The lowest BCUT2D eigenvalue weighted by Crippen LogP contribution is -2.34. The van der Waals surface area contributed by atoms with Crippen molar-refractivity contribution in [3.8, 4) is 0 Å². The number of hydrogen-bond acceptors (Lipinski definition) is 4. The maximum absolute atomic E-state index is 12.5. The average molecular weight is 342 g/mol. The van der Waals surface area contributed by atoms with Crippen molar-refractivity contribution in [1.82, 2.24) is 5.32 Å². The van der Waals surface area contributed by atoms with Crippen LogP contribution in [0.4, 0.5) is 5.69 Å². The molecule has 0 saturated heterocycles. The minimum atomic E-state index is -0.189. The molecule has 3 rings (SSSR count). The first-order chi connectivity index (χ1) is 12.1. The minimum Gasteiger partial charge on any atom is -0.459 e. The number of carbonyl (C=O) groups excluding carboxylic acids is 1. The van der Waals surface area contributed by atoms with Crippen LogP contribution in [0.3, 0.4) is 0 Å². The molecule has 0 saturated carbocycles. The highest BCUT2D eigenvalue weighted by molar-refractivity contribution is 5.93. The third kappa shape index (κ3) is 3.87. The quantitative estimate of drug-likeness (QED) is 0.811. The van der Waals surface area contributed by atoms with Gasteiger partial charge in [0.1, 0.15) is 0 Å². The Morgan fingerprint density at radius 2 is 2.20 bits per heavy atom. The number of carbonyl (C=O) groups is 1. The number of furan rings is 1. The molecule has 1 aliphatic heterocycles. The lowest BCUT2D eigenvalue weighted by molar-refractivity contribution is 0.0907. The lowest BCUT2D eigenvalue weighted by atomic mass is 10.1. The molecule has 2 heterocycles. The normalized spacial score (nSPS) is 17.4. The number of para-hydroxylation sites is 1. The van der Waals surface area contributed by atoms with Gasteiger partial charge in [0.15, 0.2) is 5.76 Å². The van der Waals surface area contributed by atoms with Crippen LogP contribution in [0, 0.1) is 0 Å². The van der Waals surface area contributed by atoms with Gasteiger partial charge in [0.2, 0.25) is 0 Å². The molecule has 0 fully saturated rings. The molecule has 5 heteroatoms. The fourth-order valence-corrected chi connectivity index (χ4v) is 3.47. The first-order valence-corrected chi connectivity index (χ1v) is 8.92. The molecule has 2 aromatic rings. The molecule has 2 unspecified atom stereocenters. The third-order valence-electron chi connectivity index (χ3n) is 4.81. The maximum atomic E-state index is 12.5. The second-order valence-electron chi connectivity index (χ2n) is 6.83. The molecule has 0 aliphatic carbocycles. The second kappa shape index (κ2) is 7.74. The minimum absolute atomic E-state index is 0.00374. The largest absolute Gasteiger partial charge is 0.459 e. The van der Waals surface area contributed by atoms with Gasteiger partial charge in [-0.25, -0.2) is 0 Å². The summed E-state index contributed by atoms with van der Waals surface area (Å²) in [6.07, 6.45) is 4.02. The van der Waals surface area contributed by atoms with Gasteiger partial charge in [0.25, 0.3) is 5.91 Å². The van der Waals surface area contributed by atoms with Gasteiger partial charge in [-0.3, -0.25) is 4.79 Å². The standard InChI is InChI=1S/C20H26N2O3/c1-14(6-5-10-23)21-20(24)19-17(9-11-25-19)13-22-15(2)12-16-7-3-4-8-18(16)22/h3-4,7-9,11,14-15,23H,5-6,10,12-13H2,1-2H3,(H,21,24). The summed E-state index contributed by atoms with van der Waals surface area (Å²) in [4.78, 5) is 14.8. The molecule has 0 bridgehead atoms. The Hall–Kier alpha value is -2.27. The molecule has 1 aromatic carbocycles. The molecule has 5 nitrogen and oxygen atoms in total. The lowest BCUT2D eigenvalue weighted by Gasteiger charge is -2.24. The van der Waals surface area contributed by atoms with E-state index >= 15 is 0 Å². The van der Waals surface area contributed by atoms with Crippen LogP contribution in [0.2, 0.25) is 0 Å². The van der Waals surface area contributed by atoms with E-state index < -0.39 is 0 Å². The van der Waals surface area contributed by atoms with E-state index in [1.165, 1.54) is 11.3 Å². The Morgan fingerprint density at radius 3 is 3.00 bits per heavy atom. The summed E-state index contributed by atoms with van der Waals surface area (Å²) in [5, 5.41) is 11.9. The number of benzene rings is 1. The molecule has 2 atom stereocenters. The summed E-state index contributed by atoms with van der Waals surface area (Å²) in [6.45, 7) is 4.94. The molecule has 1 amide bonds. The second-order valence-corrected chi connectivity index (χ2v) is 6.83. The molecule has 0 radical (unpaired) electrons. The molecular formula is C20H26N2O3. The van der Waals surface area contributed by atoms with E-state index in [0.717, 1.165) is 18.4 Å². The van der Waals surface area contributed by atoms with Crippen molar-refractivity contribution < 1.29 is 14.3 Å². The maximum Gasteiger partial charge on any atom is 0.287 e. The van der Waals surface area contributed by atoms with E-state index in [1.54, 1.807) is 6.26 Å². The van der Waals surface area contributed by atoms with E-state index in [0.29, 0.717) is 24.8 Å². The Labute approximate surface area is 148 Å². The fourth-order valence-electron chi connectivity index (χ4n) is 3.47. The number of aliphatic hydroxyl groups is 1. The number of fused-ring (bicyclic) bond motifs is 1. The number of hydrogen-bond donors (Lipinski definition) is 2. The summed E-state index contributed by atoms with van der Waals surface area (Å²) in [5.41, 5.74) is 3.48. The van der Waals surface area contributed by atoms with Crippen LogP contribution in [-0.4, -0.2) is 29.7 Å². The van der Waals surface area contributed by atoms with Crippen LogP contribution in [0.25, 0.3) is 0 Å². The van der Waals surface area contributed by atoms with Gasteiger partial charge in [-0.15, -0.1) is 0 Å². The number of aliphatic hydroxyl groups excluding tert-OH is 1. The molecule has 25 heavy (non-hydrogen) atoms. The van der Waals surface area contributed by atoms with Crippen molar-refractivity contribution in [3.63, 3.8) is 0 Å². The Kier molecular flexibility index (Phi) is 5.43. The number of nitrogens with zero attached hydrogens (tertiary/aromatic N) is 1. The number of anilines is 1. The van der Waals surface area contributed by atoms with E-state index in [-0.39, 0.29) is 18.6 Å². The zero-order valence-electron chi connectivity index (χ0n) is 14.9. The Bertz CT molecular complexity index is 725. The van der Waals surface area contributed by atoms with Crippen LogP contribution < -0.4 is 10.2 Å². The summed E-state index contributed by atoms with van der Waals surface area (Å²) >= 11 is 0. The number of rotatable bonds is 7. The van der Waals surface area contributed by atoms with Crippen LogP contribution in [0.5, 0.6) is 0 Å². The summed E-state index contributed by atoms with van der Waals surface area (Å²) in [7, 11) is 0. The van der Waals surface area contributed by atoms with Crippen molar-refractivity contribution in [2.24, 2.45) is 0 Å². The van der Waals surface area contributed by atoms with Crippen LogP contribution in [0.15, 0.2) is 41.0 Å². The zero-order valence-corrected chi connectivity index (χ0v) is 14.9. The first kappa shape index (κ1) is 17.5. The summed E-state index contributed by atoms with van der Waals surface area (Å²) in [5.74, 6) is 0.193. The highest BCUT2D eigenvalue weighted by atomic mass is 16.3. The van der Waals surface area contributed by atoms with Gasteiger partial charge < -0.3 is 19.7 Å². The highest BCUT2D eigenvalue weighted by Crippen LogP contribution is 2.33.